The van der Waals surface area contributed by atoms with Gasteiger partial charge in [-0.25, -0.2) is 9.48 Å². The molecular weight excluding hydrogens is 314 g/mol. The summed E-state index contributed by atoms with van der Waals surface area (Å²) in [6.45, 7) is 1.64. The van der Waals surface area contributed by atoms with Crippen LogP contribution < -0.4 is 5.56 Å². The zero-order valence-corrected chi connectivity index (χ0v) is 12.6. The first-order valence-corrected chi connectivity index (χ1v) is 7.04. The highest BCUT2D eigenvalue weighted by Crippen LogP contribution is 2.22. The number of nitrogens with one attached hydrogen (secondary N) is 1. The van der Waals surface area contributed by atoms with Gasteiger partial charge >= 0.3 is 11.9 Å². The van der Waals surface area contributed by atoms with Crippen molar-refractivity contribution in [2.75, 3.05) is 0 Å². The van der Waals surface area contributed by atoms with E-state index in [4.69, 9.17) is 5.11 Å². The van der Waals surface area contributed by atoms with Crippen molar-refractivity contribution in [1.82, 2.24) is 14.8 Å². The fourth-order valence-corrected chi connectivity index (χ4v) is 2.59. The summed E-state index contributed by atoms with van der Waals surface area (Å²) < 4.78 is 1.33. The molecule has 1 aromatic carbocycles. The quantitative estimate of drug-likeness (QED) is 0.664. The first-order valence-electron chi connectivity index (χ1n) is 7.04. The summed E-state index contributed by atoms with van der Waals surface area (Å²) in [6, 6.07) is 7.79. The molecule has 0 saturated carbocycles. The molecule has 0 fully saturated rings. The Labute approximate surface area is 135 Å². The number of aromatic amines is 1. The van der Waals surface area contributed by atoms with E-state index in [1.54, 1.807) is 31.2 Å². The minimum atomic E-state index is -1.20. The number of rotatable bonds is 4. The van der Waals surface area contributed by atoms with Crippen LogP contribution >= 0.6 is 0 Å². The van der Waals surface area contributed by atoms with Crippen LogP contribution in [0.3, 0.4) is 0 Å². The van der Waals surface area contributed by atoms with Gasteiger partial charge in [0.15, 0.2) is 5.69 Å². The maximum Gasteiger partial charge on any atom is 0.357 e. The lowest BCUT2D eigenvalue weighted by atomic mass is 10.1. The molecule has 0 radical (unpaired) electrons. The summed E-state index contributed by atoms with van der Waals surface area (Å²) in [6.07, 6.45) is -0.115. The van der Waals surface area contributed by atoms with Gasteiger partial charge in [0.1, 0.15) is 5.65 Å². The maximum absolute atomic E-state index is 11.7. The molecule has 0 spiro atoms. The molecule has 0 unspecified atom stereocenters. The Hall–Kier alpha value is -3.42. The lowest BCUT2D eigenvalue weighted by molar-refractivity contribution is -0.136. The highest BCUT2D eigenvalue weighted by atomic mass is 16.4. The molecule has 0 bridgehead atoms. The molecule has 8 nitrogen and oxygen atoms in total. The number of carboxylic acids is 2. The first kappa shape index (κ1) is 15.5. The third-order valence-electron chi connectivity index (χ3n) is 3.61. The average molecular weight is 327 g/mol. The van der Waals surface area contributed by atoms with E-state index in [9.17, 15) is 19.5 Å². The lowest BCUT2D eigenvalue weighted by Gasteiger charge is -2.05. The van der Waals surface area contributed by atoms with Crippen LogP contribution in [0.2, 0.25) is 0 Å². The lowest BCUT2D eigenvalue weighted by Crippen LogP contribution is -2.08. The van der Waals surface area contributed by atoms with Crippen molar-refractivity contribution in [2.24, 2.45) is 0 Å². The van der Waals surface area contributed by atoms with Crippen LogP contribution in [0, 0.1) is 6.92 Å². The SMILES string of the molecule is Cc1cc(=O)[nH]c2c1c(C(=O)O)nn2-c1ccc(CC(=O)O)cc1. The van der Waals surface area contributed by atoms with E-state index >= 15 is 0 Å². The van der Waals surface area contributed by atoms with Gasteiger partial charge in [-0.05, 0) is 30.2 Å². The number of aliphatic carboxylic acids is 1. The zero-order valence-electron chi connectivity index (χ0n) is 12.6. The molecule has 8 heteroatoms. The second kappa shape index (κ2) is 5.65. The van der Waals surface area contributed by atoms with Crippen LogP contribution in [0.25, 0.3) is 16.7 Å². The monoisotopic (exact) mass is 327 g/mol. The van der Waals surface area contributed by atoms with Gasteiger partial charge in [-0.2, -0.15) is 5.10 Å². The smallest absolute Gasteiger partial charge is 0.357 e. The van der Waals surface area contributed by atoms with Gasteiger partial charge in [0.05, 0.1) is 17.5 Å². The minimum absolute atomic E-state index is 0.115. The minimum Gasteiger partial charge on any atom is -0.481 e. The summed E-state index contributed by atoms with van der Waals surface area (Å²) in [5.74, 6) is -2.14. The standard InChI is InChI=1S/C16H13N3O5/c1-8-6-11(20)17-15-13(8)14(16(23)24)18-19(15)10-4-2-9(3-5-10)7-12(21)22/h2-6H,7H2,1H3,(H,17,20)(H,21,22)(H,23,24). The van der Waals surface area contributed by atoms with Crippen molar-refractivity contribution in [3.8, 4) is 5.69 Å². The number of hydrogen-bond donors (Lipinski definition) is 3. The first-order chi connectivity index (χ1) is 11.4. The number of H-pyrrole nitrogens is 1. The summed E-state index contributed by atoms with van der Waals surface area (Å²) in [5, 5.41) is 22.6. The molecule has 3 rings (SSSR count). The Morgan fingerprint density at radius 2 is 1.88 bits per heavy atom. The van der Waals surface area contributed by atoms with Gasteiger partial charge in [0, 0.05) is 6.07 Å². The van der Waals surface area contributed by atoms with Gasteiger partial charge < -0.3 is 15.2 Å². The maximum atomic E-state index is 11.7. The van der Waals surface area contributed by atoms with E-state index in [2.05, 4.69) is 10.1 Å². The normalized spacial score (nSPS) is 10.9. The van der Waals surface area contributed by atoms with Crippen LogP contribution in [0.4, 0.5) is 0 Å². The third-order valence-corrected chi connectivity index (χ3v) is 3.61. The van der Waals surface area contributed by atoms with Gasteiger partial charge in [-0.15, -0.1) is 0 Å². The number of aryl methyl sites for hydroxylation is 1. The van der Waals surface area contributed by atoms with E-state index < -0.39 is 11.9 Å². The molecule has 0 amide bonds. The highest BCUT2D eigenvalue weighted by molar-refractivity contribution is 6.01. The predicted octanol–water partition coefficient (Wildman–Crippen LogP) is 1.35. The van der Waals surface area contributed by atoms with E-state index in [0.29, 0.717) is 22.2 Å². The molecule has 0 aliphatic rings. The van der Waals surface area contributed by atoms with Crippen LogP contribution in [0.1, 0.15) is 21.6 Å². The topological polar surface area (TPSA) is 125 Å². The van der Waals surface area contributed by atoms with Crippen molar-refractivity contribution in [3.05, 3.63) is 57.5 Å². The molecule has 2 aromatic heterocycles. The average Bonchev–Trinajstić information content (AvgIpc) is 2.87. The summed E-state index contributed by atoms with van der Waals surface area (Å²) in [5.41, 5.74) is 1.39. The number of benzene rings is 1. The number of carboxylic acid groups (broad SMARTS) is 2. The largest absolute Gasteiger partial charge is 0.481 e. The molecule has 0 aliphatic carbocycles. The van der Waals surface area contributed by atoms with Crippen LogP contribution in [-0.2, 0) is 11.2 Å². The van der Waals surface area contributed by atoms with E-state index in [-0.39, 0.29) is 23.3 Å². The van der Waals surface area contributed by atoms with Gasteiger partial charge in [-0.1, -0.05) is 12.1 Å². The molecule has 0 aliphatic heterocycles. The Morgan fingerprint density at radius 3 is 2.46 bits per heavy atom. The van der Waals surface area contributed by atoms with Crippen LogP contribution in [0.15, 0.2) is 35.1 Å². The highest BCUT2D eigenvalue weighted by Gasteiger charge is 2.20. The van der Waals surface area contributed by atoms with E-state index in [1.165, 1.54) is 10.7 Å². The van der Waals surface area contributed by atoms with Crippen molar-refractivity contribution in [3.63, 3.8) is 0 Å². The number of fused-ring (bicyclic) bond motifs is 1. The number of aromatic nitrogens is 3. The van der Waals surface area contributed by atoms with Crippen molar-refractivity contribution < 1.29 is 19.8 Å². The van der Waals surface area contributed by atoms with E-state index in [0.717, 1.165) is 0 Å². The predicted molar refractivity (Wildman–Crippen MR) is 84.7 cm³/mol. The molecule has 24 heavy (non-hydrogen) atoms. The van der Waals surface area contributed by atoms with Crippen molar-refractivity contribution in [2.45, 2.75) is 13.3 Å². The Morgan fingerprint density at radius 1 is 1.21 bits per heavy atom. The summed E-state index contributed by atoms with van der Waals surface area (Å²) in [7, 11) is 0. The Balaban J connectivity index is 2.21. The Bertz CT molecular complexity index is 1010. The molecule has 2 heterocycles. The third kappa shape index (κ3) is 2.65. The molecular formula is C16H13N3O5. The number of nitrogens with zero attached hydrogens (tertiary/aromatic N) is 2. The van der Waals surface area contributed by atoms with Crippen LogP contribution in [-0.4, -0.2) is 36.9 Å². The Kier molecular flexibility index (Phi) is 3.64. The van der Waals surface area contributed by atoms with Crippen molar-refractivity contribution >= 4 is 23.0 Å². The molecule has 0 saturated heterocycles. The summed E-state index contributed by atoms with van der Waals surface area (Å²) in [4.78, 5) is 36.5. The summed E-state index contributed by atoms with van der Waals surface area (Å²) >= 11 is 0. The zero-order chi connectivity index (χ0) is 17.4. The van der Waals surface area contributed by atoms with E-state index in [1.807, 2.05) is 0 Å². The van der Waals surface area contributed by atoms with Gasteiger partial charge in [0.25, 0.3) is 0 Å². The number of hydrogen-bond acceptors (Lipinski definition) is 4. The molecule has 0 atom stereocenters. The fraction of sp³-hybridized carbons (Fsp3) is 0.125. The van der Waals surface area contributed by atoms with Crippen LogP contribution in [0.5, 0.6) is 0 Å². The van der Waals surface area contributed by atoms with Crippen molar-refractivity contribution in [1.29, 1.82) is 0 Å². The number of carbonyl (C=O) groups is 2. The van der Waals surface area contributed by atoms with Gasteiger partial charge in [0.2, 0.25) is 5.56 Å². The number of pyridine rings is 1. The molecule has 3 N–H and O–H groups in total. The fourth-order valence-electron chi connectivity index (χ4n) is 2.59. The number of aromatic carboxylic acids is 1. The second-order valence-corrected chi connectivity index (χ2v) is 5.34. The second-order valence-electron chi connectivity index (χ2n) is 5.34. The molecule has 122 valence electrons. The van der Waals surface area contributed by atoms with Gasteiger partial charge in [-0.3, -0.25) is 9.59 Å². The molecule has 3 aromatic rings.